The number of nitrogens with zero attached hydrogens (tertiary/aromatic N) is 2. The number of fused-ring (bicyclic) bond motifs is 12. The van der Waals surface area contributed by atoms with Gasteiger partial charge in [-0.3, -0.25) is 0 Å². The minimum atomic E-state index is 1.15. The summed E-state index contributed by atoms with van der Waals surface area (Å²) < 4.78 is 4.89. The molecule has 2 aromatic heterocycles. The number of benzene rings is 9. The predicted octanol–water partition coefficient (Wildman–Crippen LogP) is 13.0. The van der Waals surface area contributed by atoms with Crippen LogP contribution in [0.2, 0.25) is 0 Å². The fourth-order valence-corrected chi connectivity index (χ4v) is 8.56. The van der Waals surface area contributed by atoms with Gasteiger partial charge in [-0.25, -0.2) is 0 Å². The molecule has 2 nitrogen and oxygen atoms in total. The third-order valence-electron chi connectivity index (χ3n) is 10.7. The molecule has 0 spiro atoms. The lowest BCUT2D eigenvalue weighted by Gasteiger charge is -2.14. The molecule has 2 heterocycles. The van der Waals surface area contributed by atoms with Crippen molar-refractivity contribution in [3.8, 4) is 22.5 Å². The molecule has 0 fully saturated rings. The molecule has 0 radical (unpaired) electrons. The summed E-state index contributed by atoms with van der Waals surface area (Å²) in [5.41, 5.74) is 9.59. The Balaban J connectivity index is 1.15. The van der Waals surface area contributed by atoms with Gasteiger partial charge in [-0.05, 0) is 92.0 Å². The van der Waals surface area contributed by atoms with Gasteiger partial charge >= 0.3 is 0 Å². The summed E-state index contributed by atoms with van der Waals surface area (Å²) in [6.07, 6.45) is 0. The van der Waals surface area contributed by atoms with Crippen molar-refractivity contribution in [3.63, 3.8) is 0 Å². The molecule has 0 aliphatic heterocycles. The first-order valence-electron chi connectivity index (χ1n) is 17.3. The molecule has 232 valence electrons. The van der Waals surface area contributed by atoms with E-state index in [4.69, 9.17) is 0 Å². The van der Waals surface area contributed by atoms with Gasteiger partial charge in [0.05, 0.1) is 27.8 Å². The average Bonchev–Trinajstić information content (AvgIpc) is 3.71. The highest BCUT2D eigenvalue weighted by Gasteiger charge is 2.19. The Morgan fingerprint density at radius 3 is 1.36 bits per heavy atom. The zero-order valence-corrected chi connectivity index (χ0v) is 27.2. The predicted molar refractivity (Wildman–Crippen MR) is 213 cm³/mol. The summed E-state index contributed by atoms with van der Waals surface area (Å²) in [4.78, 5) is 0. The zero-order valence-electron chi connectivity index (χ0n) is 27.2. The molecule has 0 unspecified atom stereocenters. The van der Waals surface area contributed by atoms with E-state index >= 15 is 0 Å². The maximum absolute atomic E-state index is 2.45. The van der Waals surface area contributed by atoms with E-state index in [2.05, 4.69) is 191 Å². The Labute approximate surface area is 288 Å². The molecule has 2 heteroatoms. The number of aromatic nitrogens is 2. The molecule has 0 bridgehead atoms. The highest BCUT2D eigenvalue weighted by molar-refractivity contribution is 6.26. The van der Waals surface area contributed by atoms with E-state index in [-0.39, 0.29) is 0 Å². The van der Waals surface area contributed by atoms with E-state index in [0.717, 1.165) is 5.69 Å². The summed E-state index contributed by atoms with van der Waals surface area (Å²) in [5, 5.41) is 12.8. The lowest BCUT2D eigenvalue weighted by molar-refractivity contribution is 1.17. The first-order chi connectivity index (χ1) is 24.8. The highest BCUT2D eigenvalue weighted by atomic mass is 15.0. The number of hydrogen-bond acceptors (Lipinski definition) is 0. The van der Waals surface area contributed by atoms with Crippen molar-refractivity contribution in [2.45, 2.75) is 0 Å². The van der Waals surface area contributed by atoms with Crippen molar-refractivity contribution in [2.75, 3.05) is 0 Å². The van der Waals surface area contributed by atoms with Crippen LogP contribution in [-0.4, -0.2) is 9.13 Å². The van der Waals surface area contributed by atoms with Crippen molar-refractivity contribution >= 4 is 75.9 Å². The quantitative estimate of drug-likeness (QED) is 0.171. The number of para-hydroxylation sites is 3. The van der Waals surface area contributed by atoms with Crippen LogP contribution in [0.1, 0.15) is 0 Å². The van der Waals surface area contributed by atoms with Gasteiger partial charge in [-0.1, -0.05) is 133 Å². The summed E-state index contributed by atoms with van der Waals surface area (Å²) >= 11 is 0. The van der Waals surface area contributed by atoms with Gasteiger partial charge < -0.3 is 9.13 Å². The Bertz CT molecular complexity index is 3070. The second-order valence-corrected chi connectivity index (χ2v) is 13.3. The van der Waals surface area contributed by atoms with Crippen molar-refractivity contribution < 1.29 is 0 Å². The standard InChI is InChI=1S/C48H30N2/c1-2-17-36-34(15-1)35-16-3-4-18-37(35)42-30-32(27-28-38(36)42)31-13-11-14-33(29-31)49-45-24-10-7-21-41(45)48-46(49)25-12-26-47(48)50-43-22-8-5-19-39(43)40-20-6-9-23-44(40)50/h1-30H. The minimum absolute atomic E-state index is 1.15. The molecule has 0 aliphatic carbocycles. The Hall–Kier alpha value is -6.64. The van der Waals surface area contributed by atoms with Crippen molar-refractivity contribution in [3.05, 3.63) is 182 Å². The van der Waals surface area contributed by atoms with Crippen LogP contribution in [0, 0.1) is 0 Å². The first-order valence-corrected chi connectivity index (χ1v) is 17.3. The van der Waals surface area contributed by atoms with Gasteiger partial charge in [-0.15, -0.1) is 0 Å². The maximum Gasteiger partial charge on any atom is 0.0562 e. The average molecular weight is 635 g/mol. The van der Waals surface area contributed by atoms with Gasteiger partial charge in [0.25, 0.3) is 0 Å². The molecule has 11 rings (SSSR count). The Morgan fingerprint density at radius 1 is 0.260 bits per heavy atom. The van der Waals surface area contributed by atoms with Crippen LogP contribution in [0.15, 0.2) is 182 Å². The van der Waals surface area contributed by atoms with Crippen LogP contribution >= 0.6 is 0 Å². The second kappa shape index (κ2) is 10.4. The van der Waals surface area contributed by atoms with E-state index in [1.807, 2.05) is 0 Å². The lowest BCUT2D eigenvalue weighted by Crippen LogP contribution is -1.97. The van der Waals surface area contributed by atoms with Crippen LogP contribution in [-0.2, 0) is 0 Å². The third kappa shape index (κ3) is 3.79. The second-order valence-electron chi connectivity index (χ2n) is 13.3. The smallest absolute Gasteiger partial charge is 0.0562 e. The molecule has 9 aromatic carbocycles. The normalized spacial score (nSPS) is 12.0. The van der Waals surface area contributed by atoms with Crippen LogP contribution in [0.3, 0.4) is 0 Å². The van der Waals surface area contributed by atoms with Gasteiger partial charge in [0.2, 0.25) is 0 Å². The number of rotatable bonds is 3. The van der Waals surface area contributed by atoms with E-state index in [9.17, 15) is 0 Å². The van der Waals surface area contributed by atoms with E-state index in [1.165, 1.54) is 92.7 Å². The van der Waals surface area contributed by atoms with Crippen molar-refractivity contribution in [1.29, 1.82) is 0 Å². The SMILES string of the molecule is c1cc(-c2ccc3c4ccccc4c4ccccc4c3c2)cc(-n2c3ccccc3c3c(-n4c5ccccc5c5ccccc54)cccc32)c1. The zero-order chi connectivity index (χ0) is 32.8. The largest absolute Gasteiger partial charge is 0.309 e. The topological polar surface area (TPSA) is 9.86 Å². The van der Waals surface area contributed by atoms with Crippen molar-refractivity contribution in [2.24, 2.45) is 0 Å². The Kier molecular flexibility index (Phi) is 5.70. The molecule has 50 heavy (non-hydrogen) atoms. The monoisotopic (exact) mass is 634 g/mol. The molecule has 0 atom stereocenters. The van der Waals surface area contributed by atoms with Gasteiger partial charge in [-0.2, -0.15) is 0 Å². The van der Waals surface area contributed by atoms with Gasteiger partial charge in [0.1, 0.15) is 0 Å². The highest BCUT2D eigenvalue weighted by Crippen LogP contribution is 2.41. The van der Waals surface area contributed by atoms with Crippen LogP contribution < -0.4 is 0 Å². The van der Waals surface area contributed by atoms with Gasteiger partial charge in [0.15, 0.2) is 0 Å². The van der Waals surface area contributed by atoms with Crippen LogP contribution in [0.4, 0.5) is 0 Å². The van der Waals surface area contributed by atoms with Crippen molar-refractivity contribution in [1.82, 2.24) is 9.13 Å². The fourth-order valence-electron chi connectivity index (χ4n) is 8.56. The summed E-state index contributed by atoms with van der Waals surface area (Å²) in [6.45, 7) is 0. The van der Waals surface area contributed by atoms with E-state index < -0.39 is 0 Å². The summed E-state index contributed by atoms with van der Waals surface area (Å²) in [5.74, 6) is 0. The maximum atomic E-state index is 2.45. The first kappa shape index (κ1) is 27.3. The third-order valence-corrected chi connectivity index (χ3v) is 10.7. The molecule has 0 saturated heterocycles. The van der Waals surface area contributed by atoms with E-state index in [1.54, 1.807) is 0 Å². The minimum Gasteiger partial charge on any atom is -0.309 e. The molecule has 0 amide bonds. The van der Waals surface area contributed by atoms with Gasteiger partial charge in [0, 0.05) is 27.2 Å². The Morgan fingerprint density at radius 2 is 0.720 bits per heavy atom. The lowest BCUT2D eigenvalue weighted by atomic mass is 9.92. The molecule has 0 N–H and O–H groups in total. The fraction of sp³-hybridized carbons (Fsp3) is 0. The molecule has 11 aromatic rings. The van der Waals surface area contributed by atoms with Crippen LogP contribution in [0.25, 0.3) is 98.4 Å². The number of hydrogen-bond donors (Lipinski definition) is 0. The van der Waals surface area contributed by atoms with E-state index in [0.29, 0.717) is 0 Å². The summed E-state index contributed by atoms with van der Waals surface area (Å²) in [7, 11) is 0. The van der Waals surface area contributed by atoms with Crippen LogP contribution in [0.5, 0.6) is 0 Å². The summed E-state index contributed by atoms with van der Waals surface area (Å²) in [6, 6.07) is 66.7. The molecule has 0 saturated carbocycles. The molecular formula is C48H30N2. The molecule has 0 aliphatic rings. The molecular weight excluding hydrogens is 605 g/mol.